The fraction of sp³-hybridized carbons (Fsp3) is 0.167. The fourth-order valence-corrected chi connectivity index (χ4v) is 5.63. The van der Waals surface area contributed by atoms with Crippen LogP contribution >= 0.6 is 0 Å². The van der Waals surface area contributed by atoms with E-state index in [1.807, 2.05) is 60.7 Å². The number of Topliss-reactive ketones (excluding diaryl/α,β-unsaturated/α-hetero) is 1. The number of anilines is 2. The van der Waals surface area contributed by atoms with Crippen LogP contribution in [0.2, 0.25) is 0 Å². The number of fused-ring (bicyclic) bond motifs is 2. The number of carbonyl (C=O) groups excluding carboxylic acids is 2. The molecule has 1 amide bonds. The summed E-state index contributed by atoms with van der Waals surface area (Å²) < 4.78 is 0. The summed E-state index contributed by atoms with van der Waals surface area (Å²) in [6.07, 6.45) is 1.39. The van der Waals surface area contributed by atoms with Crippen molar-refractivity contribution >= 4 is 23.1 Å². The second-order valence-corrected chi connectivity index (χ2v) is 7.74. The summed E-state index contributed by atoms with van der Waals surface area (Å²) >= 11 is 0. The van der Waals surface area contributed by atoms with Gasteiger partial charge in [0.05, 0.1) is 0 Å². The lowest BCUT2D eigenvalue weighted by molar-refractivity contribution is -0.137. The number of rotatable bonds is 1. The number of para-hydroxylation sites is 2. The highest BCUT2D eigenvalue weighted by molar-refractivity contribution is 6.43. The molecule has 0 bridgehead atoms. The molecule has 0 unspecified atom stereocenters. The maximum atomic E-state index is 13.4. The highest BCUT2D eigenvalue weighted by Gasteiger charge is 2.74. The second kappa shape index (κ2) is 5.10. The van der Waals surface area contributed by atoms with Crippen LogP contribution in [0.4, 0.5) is 11.4 Å². The van der Waals surface area contributed by atoms with E-state index in [1.165, 1.54) is 5.56 Å². The Morgan fingerprint density at radius 1 is 0.786 bits per heavy atom. The maximum Gasteiger partial charge on any atom is 0.290 e. The lowest BCUT2D eigenvalue weighted by atomic mass is 9.62. The van der Waals surface area contributed by atoms with E-state index in [1.54, 1.807) is 0 Å². The Hall–Kier alpha value is -3.40. The minimum atomic E-state index is -0.930. The van der Waals surface area contributed by atoms with E-state index >= 15 is 0 Å². The van der Waals surface area contributed by atoms with Crippen molar-refractivity contribution in [1.82, 2.24) is 5.32 Å². The van der Waals surface area contributed by atoms with Crippen LogP contribution in [0.25, 0.3) is 0 Å². The zero-order valence-corrected chi connectivity index (χ0v) is 15.2. The van der Waals surface area contributed by atoms with Gasteiger partial charge in [0.25, 0.3) is 5.91 Å². The normalized spacial score (nSPS) is 26.9. The van der Waals surface area contributed by atoms with Crippen molar-refractivity contribution in [2.75, 3.05) is 4.90 Å². The molecule has 3 aliphatic rings. The molecule has 0 radical (unpaired) electrons. The Kier molecular flexibility index (Phi) is 2.85. The molecule has 3 aromatic carbocycles. The molecule has 1 saturated heterocycles. The molecule has 0 aromatic heterocycles. The summed E-state index contributed by atoms with van der Waals surface area (Å²) in [5.41, 5.74) is 3.24. The van der Waals surface area contributed by atoms with Gasteiger partial charge in [-0.25, -0.2) is 0 Å². The SMILES string of the molecule is O=C1N[C@]23c4ccccc4CC[C@@]2(C1=O)c1ccccc1N3c1ccccc1. The van der Waals surface area contributed by atoms with E-state index in [0.29, 0.717) is 6.42 Å². The molecule has 2 aliphatic heterocycles. The van der Waals surface area contributed by atoms with Gasteiger partial charge < -0.3 is 10.2 Å². The van der Waals surface area contributed by atoms with Crippen LogP contribution in [0, 0.1) is 0 Å². The lowest BCUT2D eigenvalue weighted by Gasteiger charge is -2.48. The Bertz CT molecular complexity index is 1160. The topological polar surface area (TPSA) is 49.4 Å². The molecule has 1 fully saturated rings. The predicted molar refractivity (Wildman–Crippen MR) is 106 cm³/mol. The quantitative estimate of drug-likeness (QED) is 0.670. The smallest absolute Gasteiger partial charge is 0.290 e. The highest BCUT2D eigenvalue weighted by Crippen LogP contribution is 2.64. The van der Waals surface area contributed by atoms with Gasteiger partial charge in [-0.3, -0.25) is 9.59 Å². The Labute approximate surface area is 162 Å². The minimum Gasteiger partial charge on any atom is -0.321 e. The van der Waals surface area contributed by atoms with Crippen molar-refractivity contribution in [2.24, 2.45) is 0 Å². The maximum absolute atomic E-state index is 13.4. The second-order valence-electron chi connectivity index (χ2n) is 7.74. The molecule has 136 valence electrons. The molecule has 4 nitrogen and oxygen atoms in total. The first-order valence-corrected chi connectivity index (χ1v) is 9.60. The van der Waals surface area contributed by atoms with Gasteiger partial charge in [0.2, 0.25) is 5.78 Å². The number of ketones is 1. The average molecular weight is 366 g/mol. The van der Waals surface area contributed by atoms with Gasteiger partial charge in [0.15, 0.2) is 5.66 Å². The van der Waals surface area contributed by atoms with Crippen LogP contribution in [0.3, 0.4) is 0 Å². The molecule has 2 atom stereocenters. The van der Waals surface area contributed by atoms with Crippen LogP contribution < -0.4 is 10.2 Å². The molecule has 0 spiro atoms. The van der Waals surface area contributed by atoms with Crippen LogP contribution in [0.5, 0.6) is 0 Å². The molecule has 28 heavy (non-hydrogen) atoms. The predicted octanol–water partition coefficient (Wildman–Crippen LogP) is 3.57. The van der Waals surface area contributed by atoms with E-state index in [0.717, 1.165) is 28.9 Å². The first kappa shape index (κ1) is 15.6. The van der Waals surface area contributed by atoms with Crippen molar-refractivity contribution in [2.45, 2.75) is 23.9 Å². The van der Waals surface area contributed by atoms with Crippen LogP contribution in [-0.4, -0.2) is 11.7 Å². The third-order valence-corrected chi connectivity index (χ3v) is 6.64. The van der Waals surface area contributed by atoms with Crippen molar-refractivity contribution in [1.29, 1.82) is 0 Å². The summed E-state index contributed by atoms with van der Waals surface area (Å²) in [6.45, 7) is 0. The number of hydrogen-bond donors (Lipinski definition) is 1. The summed E-state index contributed by atoms with van der Waals surface area (Å²) in [7, 11) is 0. The summed E-state index contributed by atoms with van der Waals surface area (Å²) in [4.78, 5) is 28.5. The third kappa shape index (κ3) is 1.55. The van der Waals surface area contributed by atoms with Crippen LogP contribution in [0.1, 0.15) is 23.1 Å². The molecule has 1 aliphatic carbocycles. The summed E-state index contributed by atoms with van der Waals surface area (Å²) in [6, 6.07) is 26.2. The number of aryl methyl sites for hydroxylation is 1. The number of amides is 1. The van der Waals surface area contributed by atoms with Gasteiger partial charge >= 0.3 is 0 Å². The van der Waals surface area contributed by atoms with E-state index < -0.39 is 17.0 Å². The van der Waals surface area contributed by atoms with Gasteiger partial charge in [-0.15, -0.1) is 0 Å². The monoisotopic (exact) mass is 366 g/mol. The van der Waals surface area contributed by atoms with E-state index in [4.69, 9.17) is 0 Å². The molecular formula is C24H18N2O2. The summed E-state index contributed by atoms with van der Waals surface area (Å²) in [5.74, 6) is -0.819. The van der Waals surface area contributed by atoms with Gasteiger partial charge in [-0.1, -0.05) is 60.7 Å². The first-order valence-electron chi connectivity index (χ1n) is 9.60. The van der Waals surface area contributed by atoms with Crippen molar-refractivity contribution in [3.05, 3.63) is 95.6 Å². The molecular weight excluding hydrogens is 348 g/mol. The Morgan fingerprint density at radius 2 is 1.46 bits per heavy atom. The Balaban J connectivity index is 1.79. The fourth-order valence-electron chi connectivity index (χ4n) is 5.63. The van der Waals surface area contributed by atoms with Gasteiger partial charge in [-0.05, 0) is 42.2 Å². The molecule has 0 saturated carbocycles. The number of hydrogen-bond acceptors (Lipinski definition) is 3. The number of carbonyl (C=O) groups is 2. The summed E-state index contributed by atoms with van der Waals surface area (Å²) in [5, 5.41) is 3.16. The van der Waals surface area contributed by atoms with Crippen molar-refractivity contribution < 1.29 is 9.59 Å². The van der Waals surface area contributed by atoms with Crippen molar-refractivity contribution in [3.8, 4) is 0 Å². The van der Waals surface area contributed by atoms with E-state index in [9.17, 15) is 9.59 Å². The highest BCUT2D eigenvalue weighted by atomic mass is 16.2. The minimum absolute atomic E-state index is 0.326. The zero-order valence-electron chi connectivity index (χ0n) is 15.2. The number of nitrogens with zero attached hydrogens (tertiary/aromatic N) is 1. The Morgan fingerprint density at radius 3 is 2.29 bits per heavy atom. The van der Waals surface area contributed by atoms with E-state index in [2.05, 4.69) is 28.4 Å². The molecule has 3 aromatic rings. The van der Waals surface area contributed by atoms with Gasteiger partial charge in [0, 0.05) is 16.9 Å². The van der Waals surface area contributed by atoms with E-state index in [-0.39, 0.29) is 5.78 Å². The van der Waals surface area contributed by atoms with Crippen LogP contribution in [0.15, 0.2) is 78.9 Å². The van der Waals surface area contributed by atoms with Gasteiger partial charge in [0.1, 0.15) is 5.41 Å². The largest absolute Gasteiger partial charge is 0.321 e. The average Bonchev–Trinajstić information content (AvgIpc) is 3.14. The first-order chi connectivity index (χ1) is 13.7. The molecule has 6 rings (SSSR count). The number of nitrogens with one attached hydrogen (secondary N) is 1. The van der Waals surface area contributed by atoms with Crippen molar-refractivity contribution in [3.63, 3.8) is 0 Å². The third-order valence-electron chi connectivity index (χ3n) is 6.64. The lowest BCUT2D eigenvalue weighted by Crippen LogP contribution is -2.61. The zero-order chi connectivity index (χ0) is 18.9. The standard InChI is InChI=1S/C24H18N2O2/c27-21-22(28)25-24-18-11-5-4-8-16(18)14-15-23(21,24)19-12-6-7-13-20(19)26(24)17-9-2-1-3-10-17/h1-13H,14-15H2,(H,25,28)/t23-,24-/m0/s1. The van der Waals surface area contributed by atoms with Gasteiger partial charge in [-0.2, -0.15) is 0 Å². The molecule has 4 heteroatoms. The number of benzene rings is 3. The molecule has 1 N–H and O–H groups in total. The molecule has 2 heterocycles. The van der Waals surface area contributed by atoms with Crippen LogP contribution in [-0.2, 0) is 27.1 Å².